The van der Waals surface area contributed by atoms with Crippen LogP contribution in [0.3, 0.4) is 0 Å². The summed E-state index contributed by atoms with van der Waals surface area (Å²) in [7, 11) is 2.03. The number of fused-ring (bicyclic) bond motifs is 3. The maximum Gasteiger partial charge on any atom is 0.168 e. The molecule has 3 rings (SSSR count). The molecular weight excluding hydrogens is 202 g/mol. The maximum absolute atomic E-state index is 4.46. The SMILES string of the molecule is Cc1nc2c3c(C)c(C)n(C)c3ncn2n1. The average molecular weight is 215 g/mol. The monoisotopic (exact) mass is 215 g/mol. The van der Waals surface area contributed by atoms with Gasteiger partial charge in [0.15, 0.2) is 5.65 Å². The number of hydrogen-bond acceptors (Lipinski definition) is 3. The molecule has 5 nitrogen and oxygen atoms in total. The molecule has 0 atom stereocenters. The van der Waals surface area contributed by atoms with Crippen LogP contribution in [0.2, 0.25) is 0 Å². The molecule has 0 N–H and O–H groups in total. The standard InChI is InChI=1S/C11H13N5/c1-6-7(2)15(4)10-9(6)11-13-8(3)14-16(11)5-12-10/h5H,1-4H3. The van der Waals surface area contributed by atoms with Crippen LogP contribution in [0.25, 0.3) is 16.7 Å². The Morgan fingerprint density at radius 2 is 1.88 bits per heavy atom. The summed E-state index contributed by atoms with van der Waals surface area (Å²) in [6.07, 6.45) is 1.72. The van der Waals surface area contributed by atoms with Gasteiger partial charge in [0.25, 0.3) is 0 Å². The van der Waals surface area contributed by atoms with Crippen LogP contribution < -0.4 is 0 Å². The zero-order valence-electron chi connectivity index (χ0n) is 9.81. The molecular formula is C11H13N5. The molecule has 0 fully saturated rings. The summed E-state index contributed by atoms with van der Waals surface area (Å²) in [6.45, 7) is 6.09. The number of rotatable bonds is 0. The molecule has 0 aliphatic carbocycles. The molecule has 0 aliphatic rings. The van der Waals surface area contributed by atoms with Crippen LogP contribution in [-0.2, 0) is 7.05 Å². The van der Waals surface area contributed by atoms with Crippen LogP contribution in [0.15, 0.2) is 6.33 Å². The van der Waals surface area contributed by atoms with Gasteiger partial charge in [-0.3, -0.25) is 0 Å². The van der Waals surface area contributed by atoms with Gasteiger partial charge in [0.1, 0.15) is 17.8 Å². The van der Waals surface area contributed by atoms with Crippen molar-refractivity contribution < 1.29 is 0 Å². The third-order valence-corrected chi connectivity index (χ3v) is 3.21. The third-order valence-electron chi connectivity index (χ3n) is 3.21. The molecule has 3 heterocycles. The summed E-state index contributed by atoms with van der Waals surface area (Å²) in [5, 5.41) is 5.38. The van der Waals surface area contributed by atoms with Crippen LogP contribution in [0.4, 0.5) is 0 Å². The number of aromatic nitrogens is 5. The molecule has 0 aromatic carbocycles. The fraction of sp³-hybridized carbons (Fsp3) is 0.364. The van der Waals surface area contributed by atoms with Crippen molar-refractivity contribution in [3.8, 4) is 0 Å². The lowest BCUT2D eigenvalue weighted by Gasteiger charge is -1.97. The Labute approximate surface area is 92.7 Å². The van der Waals surface area contributed by atoms with E-state index in [0.29, 0.717) is 0 Å². The highest BCUT2D eigenvalue weighted by molar-refractivity contribution is 5.93. The van der Waals surface area contributed by atoms with Crippen molar-refractivity contribution in [3.63, 3.8) is 0 Å². The molecule has 0 spiro atoms. The van der Waals surface area contributed by atoms with Crippen molar-refractivity contribution in [1.82, 2.24) is 24.1 Å². The van der Waals surface area contributed by atoms with E-state index in [4.69, 9.17) is 0 Å². The molecule has 0 unspecified atom stereocenters. The van der Waals surface area contributed by atoms with E-state index in [1.165, 1.54) is 11.3 Å². The second-order valence-corrected chi connectivity index (χ2v) is 4.14. The van der Waals surface area contributed by atoms with E-state index >= 15 is 0 Å². The summed E-state index contributed by atoms with van der Waals surface area (Å²) >= 11 is 0. The Kier molecular flexibility index (Phi) is 1.64. The van der Waals surface area contributed by atoms with Crippen LogP contribution in [0, 0.1) is 20.8 Å². The van der Waals surface area contributed by atoms with Gasteiger partial charge in [-0.05, 0) is 26.3 Å². The first kappa shape index (κ1) is 9.33. The Morgan fingerprint density at radius 1 is 1.12 bits per heavy atom. The molecule has 5 heteroatoms. The van der Waals surface area contributed by atoms with Gasteiger partial charge in [-0.2, -0.15) is 5.10 Å². The molecule has 3 aromatic heterocycles. The smallest absolute Gasteiger partial charge is 0.168 e. The van der Waals surface area contributed by atoms with Gasteiger partial charge >= 0.3 is 0 Å². The number of hydrogen-bond donors (Lipinski definition) is 0. The molecule has 0 saturated heterocycles. The van der Waals surface area contributed by atoms with Crippen molar-refractivity contribution in [2.45, 2.75) is 20.8 Å². The van der Waals surface area contributed by atoms with Gasteiger partial charge in [-0.1, -0.05) is 0 Å². The van der Waals surface area contributed by atoms with Crippen LogP contribution >= 0.6 is 0 Å². The Balaban J connectivity index is 2.64. The second-order valence-electron chi connectivity index (χ2n) is 4.14. The van der Waals surface area contributed by atoms with Crippen LogP contribution in [0.1, 0.15) is 17.1 Å². The summed E-state index contributed by atoms with van der Waals surface area (Å²) < 4.78 is 3.83. The van der Waals surface area contributed by atoms with E-state index in [-0.39, 0.29) is 0 Å². The highest BCUT2D eigenvalue weighted by Gasteiger charge is 2.14. The number of nitrogens with zero attached hydrogens (tertiary/aromatic N) is 5. The minimum atomic E-state index is 0.773. The van der Waals surface area contributed by atoms with Crippen LogP contribution in [-0.4, -0.2) is 24.1 Å². The van der Waals surface area contributed by atoms with E-state index in [1.807, 2.05) is 14.0 Å². The second kappa shape index (κ2) is 2.81. The molecule has 0 amide bonds. The average Bonchev–Trinajstić information content (AvgIpc) is 2.72. The Morgan fingerprint density at radius 3 is 2.62 bits per heavy atom. The van der Waals surface area contributed by atoms with E-state index in [0.717, 1.165) is 22.5 Å². The highest BCUT2D eigenvalue weighted by Crippen LogP contribution is 2.25. The molecule has 0 bridgehead atoms. The van der Waals surface area contributed by atoms with Gasteiger partial charge in [0.05, 0.1) is 5.39 Å². The fourth-order valence-corrected chi connectivity index (χ4v) is 2.14. The molecule has 16 heavy (non-hydrogen) atoms. The summed E-state index contributed by atoms with van der Waals surface area (Å²) in [5.41, 5.74) is 4.30. The molecule has 0 radical (unpaired) electrons. The van der Waals surface area contributed by atoms with Gasteiger partial charge in [0.2, 0.25) is 0 Å². The minimum absolute atomic E-state index is 0.773. The summed E-state index contributed by atoms with van der Waals surface area (Å²) in [5.74, 6) is 0.773. The zero-order chi connectivity index (χ0) is 11.4. The van der Waals surface area contributed by atoms with Gasteiger partial charge < -0.3 is 4.57 Å². The Hall–Kier alpha value is -1.91. The lowest BCUT2D eigenvalue weighted by Crippen LogP contribution is -1.95. The predicted octanol–water partition coefficient (Wildman–Crippen LogP) is 1.54. The largest absolute Gasteiger partial charge is 0.333 e. The van der Waals surface area contributed by atoms with E-state index in [9.17, 15) is 0 Å². The Bertz CT molecular complexity index is 704. The molecule has 3 aromatic rings. The van der Waals surface area contributed by atoms with E-state index in [2.05, 4.69) is 33.5 Å². The normalized spacial score (nSPS) is 11.8. The minimum Gasteiger partial charge on any atom is -0.333 e. The summed E-state index contributed by atoms with van der Waals surface area (Å²) in [6, 6.07) is 0. The van der Waals surface area contributed by atoms with E-state index < -0.39 is 0 Å². The first-order chi connectivity index (χ1) is 7.59. The lowest BCUT2D eigenvalue weighted by atomic mass is 10.2. The quantitative estimate of drug-likeness (QED) is 0.571. The third kappa shape index (κ3) is 0.973. The van der Waals surface area contributed by atoms with Gasteiger partial charge in [-0.15, -0.1) is 0 Å². The van der Waals surface area contributed by atoms with Crippen molar-refractivity contribution >= 4 is 16.7 Å². The molecule has 0 saturated carbocycles. The fourth-order valence-electron chi connectivity index (χ4n) is 2.14. The first-order valence-corrected chi connectivity index (χ1v) is 5.23. The van der Waals surface area contributed by atoms with Gasteiger partial charge in [-0.25, -0.2) is 14.5 Å². The van der Waals surface area contributed by atoms with E-state index in [1.54, 1.807) is 10.8 Å². The van der Waals surface area contributed by atoms with Crippen LogP contribution in [0.5, 0.6) is 0 Å². The number of aryl methyl sites for hydroxylation is 3. The predicted molar refractivity (Wildman–Crippen MR) is 61.5 cm³/mol. The maximum atomic E-state index is 4.46. The lowest BCUT2D eigenvalue weighted by molar-refractivity contribution is 0.872. The topological polar surface area (TPSA) is 48.0 Å². The highest BCUT2D eigenvalue weighted by atomic mass is 15.3. The summed E-state index contributed by atoms with van der Waals surface area (Å²) in [4.78, 5) is 8.88. The molecule has 0 aliphatic heterocycles. The molecule has 82 valence electrons. The van der Waals surface area contributed by atoms with Gasteiger partial charge in [0, 0.05) is 12.7 Å². The van der Waals surface area contributed by atoms with Crippen molar-refractivity contribution in [3.05, 3.63) is 23.4 Å². The zero-order valence-corrected chi connectivity index (χ0v) is 9.81. The van der Waals surface area contributed by atoms with Crippen molar-refractivity contribution in [2.75, 3.05) is 0 Å². The van der Waals surface area contributed by atoms with Crippen molar-refractivity contribution in [1.29, 1.82) is 0 Å². The van der Waals surface area contributed by atoms with Crippen molar-refractivity contribution in [2.24, 2.45) is 7.05 Å². The first-order valence-electron chi connectivity index (χ1n) is 5.23.